The molecule has 4 radical (unpaired) electrons. The van der Waals surface area contributed by atoms with Crippen LogP contribution in [0.3, 0.4) is 0 Å². The van der Waals surface area contributed by atoms with E-state index in [9.17, 15) is 0 Å². The van der Waals surface area contributed by atoms with Gasteiger partial charge in [0.1, 0.15) is 0 Å². The second-order valence-corrected chi connectivity index (χ2v) is 5.84. The molecule has 1 aromatic heterocycles. The SMILES string of the molecule is Cc1cnnc([I-]C2=B[B][B][B][B]2)c1. The summed E-state index contributed by atoms with van der Waals surface area (Å²) < 4.78 is 2.52. The summed E-state index contributed by atoms with van der Waals surface area (Å²) in [6.07, 6.45) is 1.79. The van der Waals surface area contributed by atoms with Crippen LogP contribution in [0.25, 0.3) is 0 Å². The Morgan fingerprint density at radius 1 is 1.29 bits per heavy atom. The molecule has 0 atom stereocenters. The van der Waals surface area contributed by atoms with Crippen LogP contribution in [0.4, 0.5) is 0 Å². The first-order valence-corrected chi connectivity index (χ1v) is 6.49. The maximum atomic E-state index is 4.13. The Bertz CT molecular complexity index is 358. The third-order valence-corrected chi connectivity index (χ3v) is 4.12. The van der Waals surface area contributed by atoms with Gasteiger partial charge < -0.3 is 0 Å². The van der Waals surface area contributed by atoms with Crippen molar-refractivity contribution in [1.29, 1.82) is 0 Å². The van der Waals surface area contributed by atoms with Gasteiger partial charge in [0.05, 0.1) is 0 Å². The molecule has 0 saturated carbocycles. The van der Waals surface area contributed by atoms with Crippen LogP contribution in [0.1, 0.15) is 5.56 Å². The summed E-state index contributed by atoms with van der Waals surface area (Å²) in [5.74, 6) is 0. The minimum absolute atomic E-state index is 0.162. The van der Waals surface area contributed by atoms with E-state index in [0.717, 1.165) is 3.70 Å². The second-order valence-electron chi connectivity index (χ2n) is 2.95. The van der Waals surface area contributed by atoms with Gasteiger partial charge in [0.25, 0.3) is 0 Å². The fourth-order valence-electron chi connectivity index (χ4n) is 1.06. The molecule has 2 rings (SSSR count). The van der Waals surface area contributed by atoms with E-state index >= 15 is 0 Å². The minimum atomic E-state index is -0.162. The van der Waals surface area contributed by atoms with Crippen molar-refractivity contribution in [2.24, 2.45) is 0 Å². The van der Waals surface area contributed by atoms with Gasteiger partial charge in [-0.2, -0.15) is 0 Å². The van der Waals surface area contributed by atoms with Crippen molar-refractivity contribution >= 4 is 38.5 Å². The third-order valence-electron chi connectivity index (χ3n) is 1.70. The van der Waals surface area contributed by atoms with Gasteiger partial charge in [0.2, 0.25) is 0 Å². The average molecular weight is 286 g/mol. The van der Waals surface area contributed by atoms with Crippen molar-refractivity contribution in [3.63, 3.8) is 0 Å². The Labute approximate surface area is 98.1 Å². The Morgan fingerprint density at radius 2 is 2.21 bits per heavy atom. The Morgan fingerprint density at radius 3 is 2.93 bits per heavy atom. The molecule has 0 fully saturated rings. The Balaban J connectivity index is 2.06. The Kier molecular flexibility index (Phi) is 3.90. The molecule has 62 valence electrons. The Hall–Kier alpha value is 0.00468. The summed E-state index contributed by atoms with van der Waals surface area (Å²) >= 11 is -0.162. The van der Waals surface area contributed by atoms with Crippen LogP contribution in [0.5, 0.6) is 0 Å². The number of aromatic nitrogens is 2. The summed E-state index contributed by atoms with van der Waals surface area (Å²) in [6, 6.07) is 2.12. The van der Waals surface area contributed by atoms with Crippen molar-refractivity contribution in [1.82, 2.24) is 10.2 Å². The van der Waals surface area contributed by atoms with Crippen molar-refractivity contribution in [3.05, 3.63) is 21.5 Å². The van der Waals surface area contributed by atoms with E-state index in [1.165, 1.54) is 8.93 Å². The van der Waals surface area contributed by atoms with E-state index in [0.29, 0.717) is 0 Å². The zero-order chi connectivity index (χ0) is 9.80. The molecule has 0 N–H and O–H groups in total. The molecule has 14 heavy (non-hydrogen) atoms. The van der Waals surface area contributed by atoms with E-state index in [1.54, 1.807) is 6.20 Å². The first-order valence-electron chi connectivity index (χ1n) is 4.34. The summed E-state index contributed by atoms with van der Waals surface area (Å²) in [5.41, 5.74) is 1.19. The molecule has 0 bridgehead atoms. The molecule has 1 aliphatic heterocycles. The van der Waals surface area contributed by atoms with E-state index < -0.39 is 0 Å². The van der Waals surface area contributed by atoms with Crippen LogP contribution in [-0.2, 0) is 0 Å². The van der Waals surface area contributed by atoms with Crippen LogP contribution in [-0.4, -0.2) is 48.7 Å². The first-order chi connectivity index (χ1) is 6.84. The predicted molar refractivity (Wildman–Crippen MR) is 59.2 cm³/mol. The van der Waals surface area contributed by atoms with Gasteiger partial charge >= 0.3 is 98.4 Å². The van der Waals surface area contributed by atoms with E-state index in [2.05, 4.69) is 44.4 Å². The van der Waals surface area contributed by atoms with Crippen LogP contribution in [0.2, 0.25) is 0 Å². The van der Waals surface area contributed by atoms with Gasteiger partial charge in [0, 0.05) is 0 Å². The molecule has 0 spiro atoms. The molecule has 2 heterocycles. The molecule has 8 heteroatoms. The van der Waals surface area contributed by atoms with Gasteiger partial charge in [-0.25, -0.2) is 0 Å². The second kappa shape index (κ2) is 5.19. The van der Waals surface area contributed by atoms with Gasteiger partial charge in [-0.05, 0) is 0 Å². The normalized spacial score (nSPS) is 13.9. The predicted octanol–water partition coefficient (Wildman–Crippen LogP) is -4.67. The maximum absolute atomic E-state index is 4.13. The monoisotopic (exact) mass is 287 g/mol. The van der Waals surface area contributed by atoms with Gasteiger partial charge in [-0.3, -0.25) is 0 Å². The molecular weight excluding hydrogens is 281 g/mol. The van der Waals surface area contributed by atoms with Crippen LogP contribution in [0.15, 0.2) is 12.3 Å². The van der Waals surface area contributed by atoms with E-state index in [4.69, 9.17) is 0 Å². The number of halogens is 1. The number of nitrogens with zero attached hydrogens (tertiary/aromatic N) is 2. The zero-order valence-electron chi connectivity index (χ0n) is 7.81. The van der Waals surface area contributed by atoms with Gasteiger partial charge in [0.15, 0.2) is 0 Å². The zero-order valence-corrected chi connectivity index (χ0v) is 9.97. The molecule has 1 aliphatic rings. The molecule has 0 saturated heterocycles. The third kappa shape index (κ3) is 3.00. The summed E-state index contributed by atoms with van der Waals surface area (Å²) in [6.45, 7) is 4.20. The molecule has 0 unspecified atom stereocenters. The molecule has 0 aliphatic carbocycles. The topological polar surface area (TPSA) is 25.8 Å². The summed E-state index contributed by atoms with van der Waals surface area (Å²) in [5, 5.41) is 8.09. The van der Waals surface area contributed by atoms with Gasteiger partial charge in [-0.1, -0.05) is 0 Å². The van der Waals surface area contributed by atoms with E-state index in [-0.39, 0.29) is 21.2 Å². The number of hydrogen-bond donors (Lipinski definition) is 0. The van der Waals surface area contributed by atoms with E-state index in [1.807, 2.05) is 14.0 Å². The number of rotatable bonds is 2. The van der Waals surface area contributed by atoms with Crippen LogP contribution >= 0.6 is 0 Å². The fourth-order valence-corrected chi connectivity index (χ4v) is 3.36. The van der Waals surface area contributed by atoms with Crippen LogP contribution < -0.4 is 21.2 Å². The number of aryl methyl sites for hydroxylation is 1. The molecule has 0 amide bonds. The number of hydrogen-bond acceptors (Lipinski definition) is 2. The van der Waals surface area contributed by atoms with Crippen molar-refractivity contribution in [2.75, 3.05) is 0 Å². The first kappa shape index (κ1) is 10.5. The van der Waals surface area contributed by atoms with Crippen molar-refractivity contribution in [3.8, 4) is 0 Å². The van der Waals surface area contributed by atoms with Gasteiger partial charge in [-0.15, -0.1) is 0 Å². The van der Waals surface area contributed by atoms with Crippen molar-refractivity contribution in [2.45, 2.75) is 6.92 Å². The summed E-state index contributed by atoms with van der Waals surface area (Å²) in [7, 11) is 8.32. The molecule has 0 aromatic carbocycles. The molecule has 1 aromatic rings. The van der Waals surface area contributed by atoms with Crippen LogP contribution in [0, 0.1) is 10.6 Å². The van der Waals surface area contributed by atoms with Crippen molar-refractivity contribution < 1.29 is 21.2 Å². The standard InChI is InChI=1S/C6H5B5IN2/c1-4-2-5(14-13-3-4)12-6-7-9-11-10-8-6/h2-3H,1H3/q-1. The fraction of sp³-hybridized carbons (Fsp3) is 0.167. The summed E-state index contributed by atoms with van der Waals surface area (Å²) in [4.78, 5) is 0. The average Bonchev–Trinajstić information content (AvgIpc) is 2.19. The quantitative estimate of drug-likeness (QED) is 0.403. The molecular formula is C6H5B5IN2-. The molecule has 2 nitrogen and oxygen atoms in total.